The van der Waals surface area contributed by atoms with Crippen molar-refractivity contribution in [2.45, 2.75) is 12.0 Å². The molecule has 0 aliphatic carbocycles. The maximum absolute atomic E-state index is 11.1. The number of hydrogen-bond donors (Lipinski definition) is 2. The van der Waals surface area contributed by atoms with Gasteiger partial charge in [0.25, 0.3) is 0 Å². The number of rotatable bonds is 2. The zero-order chi connectivity index (χ0) is 12.8. The van der Waals surface area contributed by atoms with E-state index in [1.807, 2.05) is 33.7 Å². The van der Waals surface area contributed by atoms with E-state index >= 15 is 0 Å². The Morgan fingerprint density at radius 1 is 1.50 bits per heavy atom. The summed E-state index contributed by atoms with van der Waals surface area (Å²) in [6, 6.07) is 5.77. The predicted molar refractivity (Wildman–Crippen MR) is 66.6 cm³/mol. The van der Waals surface area contributed by atoms with Gasteiger partial charge in [0.05, 0.1) is 0 Å². The number of aliphatic carboxylic acids is 1. The van der Waals surface area contributed by atoms with Crippen LogP contribution in [0.2, 0.25) is 0 Å². The molecule has 1 aliphatic heterocycles. The number of aromatic nitrogens is 2. The smallest absolute Gasteiger partial charge is 0.325 e. The van der Waals surface area contributed by atoms with Crippen LogP contribution in [0.5, 0.6) is 0 Å². The van der Waals surface area contributed by atoms with Crippen molar-refractivity contribution >= 4 is 17.4 Å². The number of nitrogens with zero attached hydrogens (tertiary/aromatic N) is 3. The van der Waals surface area contributed by atoms with Crippen molar-refractivity contribution in [1.82, 2.24) is 9.38 Å². The van der Waals surface area contributed by atoms with Crippen LogP contribution in [0.15, 0.2) is 30.6 Å². The molecule has 2 aromatic heterocycles. The zero-order valence-corrected chi connectivity index (χ0v) is 9.78. The van der Waals surface area contributed by atoms with Gasteiger partial charge in [-0.25, -0.2) is 4.98 Å². The van der Waals surface area contributed by atoms with Gasteiger partial charge >= 0.3 is 5.97 Å². The molecule has 6 heteroatoms. The molecule has 94 valence electrons. The van der Waals surface area contributed by atoms with E-state index in [9.17, 15) is 4.79 Å². The first-order chi connectivity index (χ1) is 8.60. The molecule has 0 amide bonds. The summed E-state index contributed by atoms with van der Waals surface area (Å²) >= 11 is 0. The number of carboxylic acid groups (broad SMARTS) is 1. The van der Waals surface area contributed by atoms with Crippen molar-refractivity contribution in [2.75, 3.05) is 18.0 Å². The summed E-state index contributed by atoms with van der Waals surface area (Å²) in [6.07, 6.45) is 4.04. The Hall–Kier alpha value is -2.08. The Bertz CT molecular complexity index is 609. The number of carbonyl (C=O) groups is 1. The SMILES string of the molecule is NC1(C(=O)O)CCN(c2cccc3nccn23)C1. The monoisotopic (exact) mass is 246 g/mol. The standard InChI is InChI=1S/C12H14N4O2/c13-12(11(17)18)4-6-15(8-12)10-3-1-2-9-14-5-7-16(9)10/h1-3,5,7H,4,6,8,13H2,(H,17,18). The summed E-state index contributed by atoms with van der Waals surface area (Å²) in [6.45, 7) is 0.958. The van der Waals surface area contributed by atoms with Crippen molar-refractivity contribution in [2.24, 2.45) is 5.73 Å². The number of nitrogens with two attached hydrogens (primary N) is 1. The second-order valence-corrected chi connectivity index (χ2v) is 4.67. The van der Waals surface area contributed by atoms with Crippen molar-refractivity contribution in [3.8, 4) is 0 Å². The first-order valence-corrected chi connectivity index (χ1v) is 5.79. The minimum Gasteiger partial charge on any atom is -0.480 e. The quantitative estimate of drug-likeness (QED) is 0.797. The molecule has 6 nitrogen and oxygen atoms in total. The first kappa shape index (κ1) is 11.0. The molecule has 1 atom stereocenters. The van der Waals surface area contributed by atoms with Crippen LogP contribution in [-0.4, -0.2) is 39.1 Å². The molecule has 3 rings (SSSR count). The van der Waals surface area contributed by atoms with Crippen LogP contribution < -0.4 is 10.6 Å². The molecule has 18 heavy (non-hydrogen) atoms. The molecular formula is C12H14N4O2. The summed E-state index contributed by atoms with van der Waals surface area (Å²) < 4.78 is 1.94. The highest BCUT2D eigenvalue weighted by atomic mass is 16.4. The molecule has 3 N–H and O–H groups in total. The molecule has 0 saturated carbocycles. The highest BCUT2D eigenvalue weighted by Crippen LogP contribution is 2.25. The lowest BCUT2D eigenvalue weighted by atomic mass is 10.0. The molecule has 0 bridgehead atoms. The summed E-state index contributed by atoms with van der Waals surface area (Å²) in [4.78, 5) is 17.3. The number of imidazole rings is 1. The van der Waals surface area contributed by atoms with Gasteiger partial charge in [-0.2, -0.15) is 0 Å². The van der Waals surface area contributed by atoms with E-state index in [-0.39, 0.29) is 0 Å². The molecule has 1 fully saturated rings. The summed E-state index contributed by atoms with van der Waals surface area (Å²) in [5.41, 5.74) is 5.58. The predicted octanol–water partition coefficient (Wildman–Crippen LogP) is 0.326. The Morgan fingerprint density at radius 3 is 3.06 bits per heavy atom. The summed E-state index contributed by atoms with van der Waals surface area (Å²) in [7, 11) is 0. The molecule has 0 aromatic carbocycles. The Morgan fingerprint density at radius 2 is 2.33 bits per heavy atom. The minimum absolute atomic E-state index is 0.319. The molecule has 2 aromatic rings. The normalized spacial score (nSPS) is 23.7. The number of fused-ring (bicyclic) bond motifs is 1. The van der Waals surface area contributed by atoms with Gasteiger partial charge in [0.1, 0.15) is 17.0 Å². The number of pyridine rings is 1. The van der Waals surface area contributed by atoms with Gasteiger partial charge in [0.15, 0.2) is 0 Å². The molecule has 0 spiro atoms. The van der Waals surface area contributed by atoms with Gasteiger partial charge in [-0.3, -0.25) is 9.20 Å². The van der Waals surface area contributed by atoms with Gasteiger partial charge in [-0.05, 0) is 18.6 Å². The third-order valence-corrected chi connectivity index (χ3v) is 3.46. The molecular weight excluding hydrogens is 232 g/mol. The van der Waals surface area contributed by atoms with E-state index in [1.54, 1.807) is 6.20 Å². The van der Waals surface area contributed by atoms with Crippen molar-refractivity contribution in [3.63, 3.8) is 0 Å². The molecule has 1 aliphatic rings. The minimum atomic E-state index is -1.15. The average Bonchev–Trinajstić information content (AvgIpc) is 2.95. The third-order valence-electron chi connectivity index (χ3n) is 3.46. The van der Waals surface area contributed by atoms with E-state index in [1.165, 1.54) is 0 Å². The highest BCUT2D eigenvalue weighted by Gasteiger charge is 2.41. The first-order valence-electron chi connectivity index (χ1n) is 5.79. The van der Waals surface area contributed by atoms with Crippen LogP contribution in [0.3, 0.4) is 0 Å². The fraction of sp³-hybridized carbons (Fsp3) is 0.333. The van der Waals surface area contributed by atoms with E-state index in [2.05, 4.69) is 4.98 Å². The van der Waals surface area contributed by atoms with Crippen LogP contribution in [0, 0.1) is 0 Å². The van der Waals surface area contributed by atoms with Crippen LogP contribution in [0.1, 0.15) is 6.42 Å². The largest absolute Gasteiger partial charge is 0.480 e. The van der Waals surface area contributed by atoms with E-state index in [0.29, 0.717) is 19.5 Å². The Labute approximate surface area is 104 Å². The van der Waals surface area contributed by atoms with Crippen molar-refractivity contribution in [3.05, 3.63) is 30.6 Å². The van der Waals surface area contributed by atoms with E-state index in [0.717, 1.165) is 11.5 Å². The van der Waals surface area contributed by atoms with Crippen molar-refractivity contribution in [1.29, 1.82) is 0 Å². The van der Waals surface area contributed by atoms with Gasteiger partial charge in [-0.1, -0.05) is 6.07 Å². The van der Waals surface area contributed by atoms with Crippen LogP contribution >= 0.6 is 0 Å². The molecule has 1 unspecified atom stereocenters. The van der Waals surface area contributed by atoms with Crippen molar-refractivity contribution < 1.29 is 9.90 Å². The lowest BCUT2D eigenvalue weighted by molar-refractivity contribution is -0.142. The maximum atomic E-state index is 11.1. The number of anilines is 1. The van der Waals surface area contributed by atoms with Gasteiger partial charge < -0.3 is 15.7 Å². The number of carboxylic acids is 1. The second kappa shape index (κ2) is 3.71. The van der Waals surface area contributed by atoms with E-state index in [4.69, 9.17) is 10.8 Å². The van der Waals surface area contributed by atoms with E-state index < -0.39 is 11.5 Å². The Kier molecular flexibility index (Phi) is 2.27. The van der Waals surface area contributed by atoms with Crippen LogP contribution in [-0.2, 0) is 4.79 Å². The summed E-state index contributed by atoms with van der Waals surface area (Å²) in [5.74, 6) is -0.0126. The second-order valence-electron chi connectivity index (χ2n) is 4.67. The Balaban J connectivity index is 1.98. The fourth-order valence-electron chi connectivity index (χ4n) is 2.39. The zero-order valence-electron chi connectivity index (χ0n) is 9.78. The van der Waals surface area contributed by atoms with Gasteiger partial charge in [0, 0.05) is 25.5 Å². The topological polar surface area (TPSA) is 83.9 Å². The lowest BCUT2D eigenvalue weighted by Gasteiger charge is -2.22. The van der Waals surface area contributed by atoms with Gasteiger partial charge in [-0.15, -0.1) is 0 Å². The lowest BCUT2D eigenvalue weighted by Crippen LogP contribution is -2.50. The van der Waals surface area contributed by atoms with Gasteiger partial charge in [0.2, 0.25) is 0 Å². The third kappa shape index (κ3) is 1.53. The molecule has 0 radical (unpaired) electrons. The fourth-order valence-corrected chi connectivity index (χ4v) is 2.39. The van der Waals surface area contributed by atoms with Crippen LogP contribution in [0.25, 0.3) is 5.65 Å². The molecule has 3 heterocycles. The summed E-state index contributed by atoms with van der Waals surface area (Å²) in [5, 5.41) is 9.14. The van der Waals surface area contributed by atoms with Crippen LogP contribution in [0.4, 0.5) is 5.82 Å². The highest BCUT2D eigenvalue weighted by molar-refractivity contribution is 5.80. The maximum Gasteiger partial charge on any atom is 0.325 e. The average molecular weight is 246 g/mol. The molecule has 1 saturated heterocycles. The number of hydrogen-bond acceptors (Lipinski definition) is 4.